The molecule has 0 atom stereocenters. The van der Waals surface area contributed by atoms with E-state index in [0.29, 0.717) is 22.6 Å². The van der Waals surface area contributed by atoms with Crippen LogP contribution in [0.2, 0.25) is 0 Å². The number of ether oxygens (including phenoxy) is 1. The van der Waals surface area contributed by atoms with Gasteiger partial charge in [-0.1, -0.05) is 0 Å². The van der Waals surface area contributed by atoms with Crippen LogP contribution < -0.4 is 10.3 Å². The fourth-order valence-corrected chi connectivity index (χ4v) is 2.65. The van der Waals surface area contributed by atoms with Gasteiger partial charge >= 0.3 is 6.18 Å². The van der Waals surface area contributed by atoms with Gasteiger partial charge in [0.05, 0.1) is 5.56 Å². The Kier molecular flexibility index (Phi) is 4.10. The molecule has 0 fully saturated rings. The molecule has 28 heavy (non-hydrogen) atoms. The second-order valence-corrected chi connectivity index (χ2v) is 5.94. The van der Waals surface area contributed by atoms with Gasteiger partial charge in [0, 0.05) is 29.5 Å². The molecule has 4 aromatic rings. The Morgan fingerprint density at radius 1 is 1.07 bits per heavy atom. The highest BCUT2D eigenvalue weighted by Gasteiger charge is 2.31. The van der Waals surface area contributed by atoms with Gasteiger partial charge < -0.3 is 9.72 Å². The van der Waals surface area contributed by atoms with Gasteiger partial charge in [-0.05, 0) is 37.3 Å². The van der Waals surface area contributed by atoms with E-state index in [9.17, 15) is 18.0 Å². The molecular weight excluding hydrogens is 375 g/mol. The molecule has 0 unspecified atom stereocenters. The zero-order valence-corrected chi connectivity index (χ0v) is 14.4. The molecule has 3 aromatic heterocycles. The first kappa shape index (κ1) is 17.7. The van der Waals surface area contributed by atoms with Crippen LogP contribution in [0, 0.1) is 6.92 Å². The highest BCUT2D eigenvalue weighted by molar-refractivity contribution is 5.70. The van der Waals surface area contributed by atoms with E-state index in [4.69, 9.17) is 4.74 Å². The molecule has 10 heteroatoms. The van der Waals surface area contributed by atoms with Crippen molar-refractivity contribution in [1.82, 2.24) is 24.8 Å². The first-order valence-electron chi connectivity index (χ1n) is 8.08. The maximum absolute atomic E-state index is 13.2. The summed E-state index contributed by atoms with van der Waals surface area (Å²) in [5.41, 5.74) is 0.150. The Morgan fingerprint density at radius 2 is 1.89 bits per heavy atom. The van der Waals surface area contributed by atoms with Crippen molar-refractivity contribution in [2.45, 2.75) is 13.1 Å². The van der Waals surface area contributed by atoms with Gasteiger partial charge in [-0.25, -0.2) is 0 Å². The minimum atomic E-state index is -4.54. The second-order valence-electron chi connectivity index (χ2n) is 5.94. The summed E-state index contributed by atoms with van der Waals surface area (Å²) >= 11 is 0. The van der Waals surface area contributed by atoms with Crippen LogP contribution in [0.25, 0.3) is 16.8 Å². The lowest BCUT2D eigenvalue weighted by Crippen LogP contribution is -2.06. The van der Waals surface area contributed by atoms with E-state index in [1.54, 1.807) is 13.0 Å². The number of alkyl halides is 3. The number of nitrogens with one attached hydrogen (secondary N) is 1. The van der Waals surface area contributed by atoms with Gasteiger partial charge in [0.25, 0.3) is 0 Å². The molecule has 0 aliphatic carbocycles. The van der Waals surface area contributed by atoms with Crippen LogP contribution in [0.4, 0.5) is 13.2 Å². The lowest BCUT2D eigenvalue weighted by molar-refractivity contribution is -0.137. The molecule has 0 amide bonds. The van der Waals surface area contributed by atoms with Crippen LogP contribution in [0.1, 0.15) is 11.4 Å². The van der Waals surface area contributed by atoms with E-state index in [0.717, 1.165) is 12.1 Å². The predicted octanol–water partition coefficient (Wildman–Crippen LogP) is 3.60. The molecule has 1 aromatic carbocycles. The Labute approximate surface area is 155 Å². The standard InChI is InChI=1S/C18H12F3N5O2/c1-10-23-24-15-5-7-17(25-26(10)15)28-14-8-12(18(19,20)21)3-4-13(14)11-2-6-16(27)22-9-11/h2-9H,1H3,(H,22,27). The molecule has 142 valence electrons. The summed E-state index contributed by atoms with van der Waals surface area (Å²) in [5.74, 6) is 0.519. The summed E-state index contributed by atoms with van der Waals surface area (Å²) in [7, 11) is 0. The third-order valence-corrected chi connectivity index (χ3v) is 4.01. The maximum Gasteiger partial charge on any atom is 0.416 e. The molecule has 1 N–H and O–H groups in total. The third kappa shape index (κ3) is 3.31. The zero-order valence-electron chi connectivity index (χ0n) is 14.4. The van der Waals surface area contributed by atoms with Crippen LogP contribution >= 0.6 is 0 Å². The van der Waals surface area contributed by atoms with Crippen molar-refractivity contribution < 1.29 is 17.9 Å². The van der Waals surface area contributed by atoms with Crippen LogP contribution in [0.5, 0.6) is 11.6 Å². The Morgan fingerprint density at radius 3 is 2.61 bits per heavy atom. The number of aromatic nitrogens is 5. The van der Waals surface area contributed by atoms with Gasteiger partial charge in [-0.15, -0.1) is 15.3 Å². The minimum absolute atomic E-state index is 0.0561. The minimum Gasteiger partial charge on any atom is -0.437 e. The lowest BCUT2D eigenvalue weighted by Gasteiger charge is -2.14. The van der Waals surface area contributed by atoms with Crippen LogP contribution in [-0.2, 0) is 6.18 Å². The smallest absolute Gasteiger partial charge is 0.416 e. The van der Waals surface area contributed by atoms with Gasteiger partial charge in [-0.3, -0.25) is 4.79 Å². The van der Waals surface area contributed by atoms with Crippen LogP contribution in [0.15, 0.2) is 53.5 Å². The second kappa shape index (κ2) is 6.48. The number of nitrogens with zero attached hydrogens (tertiary/aromatic N) is 4. The summed E-state index contributed by atoms with van der Waals surface area (Å²) in [6, 6.07) is 8.99. The largest absolute Gasteiger partial charge is 0.437 e. The fourth-order valence-electron chi connectivity index (χ4n) is 2.65. The molecule has 7 nitrogen and oxygen atoms in total. The van der Waals surface area contributed by atoms with Crippen molar-refractivity contribution in [3.05, 3.63) is 70.4 Å². The van der Waals surface area contributed by atoms with Crippen molar-refractivity contribution >= 4 is 5.65 Å². The van der Waals surface area contributed by atoms with E-state index >= 15 is 0 Å². The first-order valence-corrected chi connectivity index (χ1v) is 8.08. The molecule has 0 radical (unpaired) electrons. The Balaban J connectivity index is 1.82. The van der Waals surface area contributed by atoms with Gasteiger partial charge in [0.1, 0.15) is 5.75 Å². The maximum atomic E-state index is 13.2. The zero-order chi connectivity index (χ0) is 19.9. The monoisotopic (exact) mass is 387 g/mol. The number of rotatable bonds is 3. The van der Waals surface area contributed by atoms with E-state index in [2.05, 4.69) is 20.3 Å². The normalized spacial score (nSPS) is 11.7. The van der Waals surface area contributed by atoms with Crippen molar-refractivity contribution in [3.8, 4) is 22.8 Å². The topological polar surface area (TPSA) is 85.2 Å². The molecule has 4 rings (SSSR count). The number of hydrogen-bond acceptors (Lipinski definition) is 5. The van der Waals surface area contributed by atoms with E-state index in [1.807, 2.05) is 0 Å². The number of aryl methyl sites for hydroxylation is 1. The summed E-state index contributed by atoms with van der Waals surface area (Å²) in [5, 5.41) is 12.0. The van der Waals surface area contributed by atoms with Crippen molar-refractivity contribution in [2.75, 3.05) is 0 Å². The molecule has 0 spiro atoms. The molecule has 0 bridgehead atoms. The highest BCUT2D eigenvalue weighted by Crippen LogP contribution is 2.38. The number of aromatic amines is 1. The summed E-state index contributed by atoms with van der Waals surface area (Å²) in [6.45, 7) is 1.69. The molecule has 0 saturated heterocycles. The number of pyridine rings is 1. The number of fused-ring (bicyclic) bond motifs is 1. The first-order chi connectivity index (χ1) is 13.3. The molecule has 0 saturated carbocycles. The quantitative estimate of drug-likeness (QED) is 0.581. The summed E-state index contributed by atoms with van der Waals surface area (Å²) < 4.78 is 46.6. The van der Waals surface area contributed by atoms with Crippen molar-refractivity contribution in [1.29, 1.82) is 0 Å². The Bertz CT molecular complexity index is 1210. The average Bonchev–Trinajstić information content (AvgIpc) is 3.02. The fraction of sp³-hybridized carbons (Fsp3) is 0.111. The number of benzene rings is 1. The highest BCUT2D eigenvalue weighted by atomic mass is 19.4. The van der Waals surface area contributed by atoms with Crippen molar-refractivity contribution in [3.63, 3.8) is 0 Å². The number of H-pyrrole nitrogens is 1. The van der Waals surface area contributed by atoms with Gasteiger partial charge in [0.2, 0.25) is 11.4 Å². The van der Waals surface area contributed by atoms with Crippen LogP contribution in [-0.4, -0.2) is 24.8 Å². The number of halogens is 3. The lowest BCUT2D eigenvalue weighted by atomic mass is 10.0. The molecule has 0 aliphatic heterocycles. The molecule has 0 aliphatic rings. The SMILES string of the molecule is Cc1nnc2ccc(Oc3cc(C(F)(F)F)ccc3-c3ccc(=O)[nH]c3)nn12. The van der Waals surface area contributed by atoms with E-state index < -0.39 is 11.7 Å². The average molecular weight is 387 g/mol. The summed E-state index contributed by atoms with van der Waals surface area (Å²) in [4.78, 5) is 13.8. The van der Waals surface area contributed by atoms with Gasteiger partial charge in [0.15, 0.2) is 11.5 Å². The summed E-state index contributed by atoms with van der Waals surface area (Å²) in [6.07, 6.45) is -3.14. The third-order valence-electron chi connectivity index (χ3n) is 4.01. The predicted molar refractivity (Wildman–Crippen MR) is 93.1 cm³/mol. The van der Waals surface area contributed by atoms with E-state index in [1.165, 1.54) is 35.0 Å². The van der Waals surface area contributed by atoms with Crippen molar-refractivity contribution in [2.24, 2.45) is 0 Å². The molecule has 3 heterocycles. The van der Waals surface area contributed by atoms with Crippen LogP contribution in [0.3, 0.4) is 0 Å². The van der Waals surface area contributed by atoms with E-state index in [-0.39, 0.29) is 17.2 Å². The Hall–Kier alpha value is -3.69. The number of hydrogen-bond donors (Lipinski definition) is 1. The molecular formula is C18H12F3N5O2. The van der Waals surface area contributed by atoms with Gasteiger partial charge in [-0.2, -0.15) is 17.7 Å².